The van der Waals surface area contributed by atoms with Gasteiger partial charge in [0.2, 0.25) is 0 Å². The summed E-state index contributed by atoms with van der Waals surface area (Å²) in [7, 11) is 0. The number of piperazine rings is 1. The minimum absolute atomic E-state index is 0.469. The molecule has 2 N–H and O–H groups in total. The Hall–Kier alpha value is -2.17. The molecule has 1 fully saturated rings. The molecule has 4 nitrogen and oxygen atoms in total. The molecule has 0 bridgehead atoms. The van der Waals surface area contributed by atoms with Crippen molar-refractivity contribution in [3.8, 4) is 0 Å². The van der Waals surface area contributed by atoms with Gasteiger partial charge in [-0.2, -0.15) is 5.10 Å². The summed E-state index contributed by atoms with van der Waals surface area (Å²) in [5, 5.41) is 12.5. The Labute approximate surface area is 136 Å². The molecule has 0 radical (unpaired) electrons. The number of hydrogen-bond donors (Lipinski definition) is 2. The van der Waals surface area contributed by atoms with Crippen LogP contribution >= 0.6 is 0 Å². The number of nitrogens with one attached hydrogen (secondary N) is 2. The van der Waals surface area contributed by atoms with E-state index in [-0.39, 0.29) is 0 Å². The van der Waals surface area contributed by atoms with Crippen molar-refractivity contribution in [2.75, 3.05) is 19.6 Å². The van der Waals surface area contributed by atoms with Crippen LogP contribution in [0.1, 0.15) is 11.3 Å². The Bertz CT molecular complexity index is 765. The van der Waals surface area contributed by atoms with E-state index in [1.807, 2.05) is 6.07 Å². The smallest absolute Gasteiger partial charge is 0.0923 e. The zero-order valence-corrected chi connectivity index (χ0v) is 13.2. The first kappa shape index (κ1) is 14.4. The summed E-state index contributed by atoms with van der Waals surface area (Å²) < 4.78 is 0. The molecule has 0 aliphatic carbocycles. The van der Waals surface area contributed by atoms with Gasteiger partial charge in [0.25, 0.3) is 0 Å². The first-order valence-corrected chi connectivity index (χ1v) is 8.30. The summed E-state index contributed by atoms with van der Waals surface area (Å²) in [6.45, 7) is 4.25. The molecular formula is C19H22N4. The van der Waals surface area contributed by atoms with Crippen molar-refractivity contribution < 1.29 is 0 Å². The van der Waals surface area contributed by atoms with Crippen LogP contribution in [0.3, 0.4) is 0 Å². The summed E-state index contributed by atoms with van der Waals surface area (Å²) in [5.74, 6) is 0. The molecule has 0 saturated carbocycles. The van der Waals surface area contributed by atoms with Gasteiger partial charge in [-0.3, -0.25) is 10.00 Å². The normalized spacial score (nSPS) is 19.2. The van der Waals surface area contributed by atoms with E-state index in [1.165, 1.54) is 16.6 Å². The average molecular weight is 306 g/mol. The molecule has 3 aromatic rings. The largest absolute Gasteiger partial charge is 0.311 e. The highest BCUT2D eigenvalue weighted by Gasteiger charge is 2.21. The lowest BCUT2D eigenvalue weighted by atomic mass is 10.1. The maximum absolute atomic E-state index is 4.40. The number of aromatic amines is 1. The lowest BCUT2D eigenvalue weighted by Crippen LogP contribution is -2.51. The van der Waals surface area contributed by atoms with Crippen LogP contribution in [0.4, 0.5) is 0 Å². The number of nitrogens with zero attached hydrogens (tertiary/aromatic N) is 2. The number of benzene rings is 2. The highest BCUT2D eigenvalue weighted by molar-refractivity contribution is 5.81. The third-order valence-electron chi connectivity index (χ3n) is 4.58. The molecule has 2 aromatic carbocycles. The van der Waals surface area contributed by atoms with Gasteiger partial charge >= 0.3 is 0 Å². The molecule has 1 saturated heterocycles. The average Bonchev–Trinajstić information content (AvgIpc) is 2.99. The Balaban J connectivity index is 1.43. The maximum Gasteiger partial charge on any atom is 0.0923 e. The van der Waals surface area contributed by atoms with E-state index < -0.39 is 0 Å². The van der Waals surface area contributed by atoms with Crippen LogP contribution in [0, 0.1) is 0 Å². The SMILES string of the molecule is c1ccc(CN2CCNC(Cc3[nH]nc4ccccc34)C2)cc1. The van der Waals surface area contributed by atoms with E-state index in [0.29, 0.717) is 6.04 Å². The van der Waals surface area contributed by atoms with E-state index in [2.05, 4.69) is 68.9 Å². The fourth-order valence-electron chi connectivity index (χ4n) is 3.43. The van der Waals surface area contributed by atoms with Gasteiger partial charge in [-0.05, 0) is 11.6 Å². The number of fused-ring (bicyclic) bond motifs is 1. The molecule has 118 valence electrons. The van der Waals surface area contributed by atoms with Crippen LogP contribution in [0.2, 0.25) is 0 Å². The van der Waals surface area contributed by atoms with E-state index >= 15 is 0 Å². The molecule has 1 aliphatic rings. The van der Waals surface area contributed by atoms with Gasteiger partial charge in [-0.25, -0.2) is 0 Å². The van der Waals surface area contributed by atoms with Crippen molar-refractivity contribution in [2.24, 2.45) is 0 Å². The van der Waals surface area contributed by atoms with E-state index in [4.69, 9.17) is 0 Å². The molecule has 4 heteroatoms. The Kier molecular flexibility index (Phi) is 4.09. The molecule has 0 amide bonds. The monoisotopic (exact) mass is 306 g/mol. The first-order valence-electron chi connectivity index (χ1n) is 8.30. The second-order valence-electron chi connectivity index (χ2n) is 6.30. The van der Waals surface area contributed by atoms with Crippen molar-refractivity contribution in [3.63, 3.8) is 0 Å². The van der Waals surface area contributed by atoms with Crippen molar-refractivity contribution in [3.05, 3.63) is 65.9 Å². The highest BCUT2D eigenvalue weighted by atomic mass is 15.2. The fraction of sp³-hybridized carbons (Fsp3) is 0.316. The van der Waals surface area contributed by atoms with Gasteiger partial charge in [-0.15, -0.1) is 0 Å². The van der Waals surface area contributed by atoms with Gasteiger partial charge in [0.1, 0.15) is 0 Å². The summed E-state index contributed by atoms with van der Waals surface area (Å²) >= 11 is 0. The van der Waals surface area contributed by atoms with Crippen molar-refractivity contribution in [1.29, 1.82) is 0 Å². The third-order valence-corrected chi connectivity index (χ3v) is 4.58. The summed E-state index contributed by atoms with van der Waals surface area (Å²) in [4.78, 5) is 2.54. The van der Waals surface area contributed by atoms with Crippen LogP contribution < -0.4 is 5.32 Å². The van der Waals surface area contributed by atoms with Gasteiger partial charge in [0.05, 0.1) is 5.52 Å². The molecule has 4 rings (SSSR count). The standard InChI is InChI=1S/C19H22N4/c1-2-6-15(7-3-1)13-23-11-10-20-16(14-23)12-19-17-8-4-5-9-18(17)21-22-19/h1-9,16,20H,10-14H2,(H,21,22). The van der Waals surface area contributed by atoms with Crippen LogP contribution in [0.5, 0.6) is 0 Å². The predicted octanol–water partition coefficient (Wildman–Crippen LogP) is 2.58. The minimum atomic E-state index is 0.469. The molecule has 1 aromatic heterocycles. The lowest BCUT2D eigenvalue weighted by Gasteiger charge is -2.33. The molecule has 1 aliphatic heterocycles. The molecule has 1 unspecified atom stereocenters. The fourth-order valence-corrected chi connectivity index (χ4v) is 3.43. The summed E-state index contributed by atoms with van der Waals surface area (Å²) in [5.41, 5.74) is 3.68. The number of hydrogen-bond acceptors (Lipinski definition) is 3. The number of para-hydroxylation sites is 1. The lowest BCUT2D eigenvalue weighted by molar-refractivity contribution is 0.191. The van der Waals surface area contributed by atoms with Gasteiger partial charge in [0.15, 0.2) is 0 Å². The third kappa shape index (κ3) is 3.28. The Morgan fingerprint density at radius 3 is 2.78 bits per heavy atom. The number of H-pyrrole nitrogens is 1. The Morgan fingerprint density at radius 1 is 1.04 bits per heavy atom. The Morgan fingerprint density at radius 2 is 1.87 bits per heavy atom. The maximum atomic E-state index is 4.40. The van der Waals surface area contributed by atoms with Crippen LogP contribution in [-0.4, -0.2) is 40.8 Å². The van der Waals surface area contributed by atoms with Gasteiger partial charge < -0.3 is 5.32 Å². The van der Waals surface area contributed by atoms with E-state index in [1.54, 1.807) is 0 Å². The minimum Gasteiger partial charge on any atom is -0.311 e. The molecule has 23 heavy (non-hydrogen) atoms. The summed E-state index contributed by atoms with van der Waals surface area (Å²) in [6.07, 6.45) is 0.992. The predicted molar refractivity (Wildman–Crippen MR) is 93.3 cm³/mol. The number of aromatic nitrogens is 2. The molecule has 1 atom stereocenters. The van der Waals surface area contributed by atoms with E-state index in [0.717, 1.165) is 38.1 Å². The van der Waals surface area contributed by atoms with Crippen LogP contribution in [0.15, 0.2) is 54.6 Å². The summed E-state index contributed by atoms with van der Waals surface area (Å²) in [6, 6.07) is 19.5. The topological polar surface area (TPSA) is 44.0 Å². The number of rotatable bonds is 4. The quantitative estimate of drug-likeness (QED) is 0.778. The zero-order chi connectivity index (χ0) is 15.5. The second-order valence-corrected chi connectivity index (χ2v) is 6.30. The van der Waals surface area contributed by atoms with Crippen molar-refractivity contribution in [2.45, 2.75) is 19.0 Å². The van der Waals surface area contributed by atoms with Crippen LogP contribution in [0.25, 0.3) is 10.9 Å². The van der Waals surface area contributed by atoms with Gasteiger partial charge in [0, 0.05) is 49.7 Å². The highest BCUT2D eigenvalue weighted by Crippen LogP contribution is 2.18. The molecule has 0 spiro atoms. The zero-order valence-electron chi connectivity index (χ0n) is 13.2. The molecule has 2 heterocycles. The van der Waals surface area contributed by atoms with Crippen molar-refractivity contribution >= 4 is 10.9 Å². The second kappa shape index (κ2) is 6.52. The van der Waals surface area contributed by atoms with Gasteiger partial charge in [-0.1, -0.05) is 48.5 Å². The van der Waals surface area contributed by atoms with Crippen LogP contribution in [-0.2, 0) is 13.0 Å². The van der Waals surface area contributed by atoms with Crippen molar-refractivity contribution in [1.82, 2.24) is 20.4 Å². The molecular weight excluding hydrogens is 284 g/mol. The van der Waals surface area contributed by atoms with E-state index in [9.17, 15) is 0 Å². The first-order chi connectivity index (χ1) is 11.4.